The Bertz CT molecular complexity index is 442. The molecule has 0 fully saturated rings. The zero-order valence-electron chi connectivity index (χ0n) is 9.00. The monoisotopic (exact) mass is 286 g/mol. The van der Waals surface area contributed by atoms with Crippen LogP contribution in [0.15, 0.2) is 10.5 Å². The van der Waals surface area contributed by atoms with E-state index >= 15 is 0 Å². The number of Topliss-reactive ketones (excluding diaryl/α,β-unsaturated/α-hetero) is 1. The maximum atomic E-state index is 11.5. The summed E-state index contributed by atoms with van der Waals surface area (Å²) in [5.74, 6) is 1.44. The van der Waals surface area contributed by atoms with Crippen LogP contribution < -0.4 is 14.2 Å². The number of fused-ring (bicyclic) bond motifs is 1. The molecule has 1 aromatic rings. The summed E-state index contributed by atoms with van der Waals surface area (Å²) in [6, 6.07) is 1.73. The number of carbonyl (C=O) groups is 1. The van der Waals surface area contributed by atoms with Gasteiger partial charge in [0.25, 0.3) is 0 Å². The second-order valence-corrected chi connectivity index (χ2v) is 4.20. The van der Waals surface area contributed by atoms with Gasteiger partial charge in [0.1, 0.15) is 13.2 Å². The molecule has 0 amide bonds. The smallest absolute Gasteiger partial charge is 0.204 e. The number of ether oxygens (including phenoxy) is 3. The highest BCUT2D eigenvalue weighted by Crippen LogP contribution is 2.45. The van der Waals surface area contributed by atoms with Gasteiger partial charge in [0.2, 0.25) is 5.75 Å². The van der Waals surface area contributed by atoms with E-state index in [4.69, 9.17) is 14.2 Å². The zero-order valence-corrected chi connectivity index (χ0v) is 10.6. The molecule has 0 aliphatic carbocycles. The predicted molar refractivity (Wildman–Crippen MR) is 61.7 cm³/mol. The molecule has 0 bridgehead atoms. The topological polar surface area (TPSA) is 44.8 Å². The molecular formula is C11H11BrO4. The highest BCUT2D eigenvalue weighted by molar-refractivity contribution is 9.10. The Morgan fingerprint density at radius 2 is 2.12 bits per heavy atom. The maximum Gasteiger partial charge on any atom is 0.204 e. The second kappa shape index (κ2) is 4.33. The average Bonchev–Trinajstić information content (AvgIpc) is 2.26. The Kier molecular flexibility index (Phi) is 3.05. The Labute approximate surface area is 102 Å². The first kappa shape index (κ1) is 11.3. The fourth-order valence-electron chi connectivity index (χ4n) is 1.65. The third-order valence-corrected chi connectivity index (χ3v) is 2.92. The lowest BCUT2D eigenvalue weighted by Crippen LogP contribution is -2.17. The molecular weight excluding hydrogens is 276 g/mol. The first-order valence-electron chi connectivity index (χ1n) is 4.82. The van der Waals surface area contributed by atoms with Gasteiger partial charge in [-0.05, 0) is 28.9 Å². The fourth-order valence-corrected chi connectivity index (χ4v) is 2.32. The van der Waals surface area contributed by atoms with Crippen molar-refractivity contribution in [3.05, 3.63) is 16.1 Å². The van der Waals surface area contributed by atoms with Crippen LogP contribution in [0.3, 0.4) is 0 Å². The van der Waals surface area contributed by atoms with Crippen LogP contribution in [0.2, 0.25) is 0 Å². The van der Waals surface area contributed by atoms with Crippen molar-refractivity contribution in [2.75, 3.05) is 20.3 Å². The minimum absolute atomic E-state index is 0.0827. The van der Waals surface area contributed by atoms with E-state index in [0.29, 0.717) is 40.5 Å². The van der Waals surface area contributed by atoms with Crippen LogP contribution >= 0.6 is 15.9 Å². The molecule has 0 spiro atoms. The van der Waals surface area contributed by atoms with Gasteiger partial charge in [0.15, 0.2) is 17.3 Å². The highest BCUT2D eigenvalue weighted by Gasteiger charge is 2.24. The molecule has 0 saturated heterocycles. The summed E-state index contributed by atoms with van der Waals surface area (Å²) in [6.45, 7) is 2.45. The van der Waals surface area contributed by atoms with Gasteiger partial charge >= 0.3 is 0 Å². The summed E-state index contributed by atoms with van der Waals surface area (Å²) in [6.07, 6.45) is 0. The SMILES string of the molecule is COc1c2c(cc(Br)c1C(C)=O)OCCO2. The van der Waals surface area contributed by atoms with Crippen molar-refractivity contribution in [2.45, 2.75) is 6.92 Å². The van der Waals surface area contributed by atoms with Gasteiger partial charge in [-0.25, -0.2) is 0 Å². The Morgan fingerprint density at radius 1 is 1.44 bits per heavy atom. The zero-order chi connectivity index (χ0) is 11.7. The summed E-state index contributed by atoms with van der Waals surface area (Å²) in [5.41, 5.74) is 0.478. The lowest BCUT2D eigenvalue weighted by Gasteiger charge is -2.22. The minimum atomic E-state index is -0.0827. The molecule has 86 valence electrons. The van der Waals surface area contributed by atoms with Crippen molar-refractivity contribution in [1.29, 1.82) is 0 Å². The summed E-state index contributed by atoms with van der Waals surface area (Å²) in [7, 11) is 1.51. The summed E-state index contributed by atoms with van der Waals surface area (Å²) < 4.78 is 16.8. The maximum absolute atomic E-state index is 11.5. The Balaban J connectivity index is 2.67. The lowest BCUT2D eigenvalue weighted by atomic mass is 10.1. The molecule has 1 aliphatic rings. The second-order valence-electron chi connectivity index (χ2n) is 3.35. The number of halogens is 1. The van der Waals surface area contributed by atoms with Crippen molar-refractivity contribution in [3.63, 3.8) is 0 Å². The molecule has 1 heterocycles. The van der Waals surface area contributed by atoms with Crippen LogP contribution in [0.1, 0.15) is 17.3 Å². The van der Waals surface area contributed by atoms with Crippen molar-refractivity contribution in [3.8, 4) is 17.2 Å². The molecule has 1 aromatic carbocycles. The highest BCUT2D eigenvalue weighted by atomic mass is 79.9. The Hall–Kier alpha value is -1.23. The molecule has 0 atom stereocenters. The van der Waals surface area contributed by atoms with E-state index < -0.39 is 0 Å². The van der Waals surface area contributed by atoms with Crippen molar-refractivity contribution in [2.24, 2.45) is 0 Å². The van der Waals surface area contributed by atoms with E-state index in [1.807, 2.05) is 0 Å². The first-order valence-corrected chi connectivity index (χ1v) is 5.61. The molecule has 5 heteroatoms. The van der Waals surface area contributed by atoms with E-state index in [1.54, 1.807) is 6.07 Å². The van der Waals surface area contributed by atoms with Crippen molar-refractivity contribution >= 4 is 21.7 Å². The third kappa shape index (κ3) is 1.75. The molecule has 2 rings (SSSR count). The molecule has 0 aromatic heterocycles. The van der Waals surface area contributed by atoms with Crippen LogP contribution in [0.5, 0.6) is 17.2 Å². The molecule has 0 unspecified atom stereocenters. The summed E-state index contributed by atoms with van der Waals surface area (Å²) in [5, 5.41) is 0. The van der Waals surface area contributed by atoms with Crippen LogP contribution in [0.25, 0.3) is 0 Å². The van der Waals surface area contributed by atoms with E-state index in [9.17, 15) is 4.79 Å². The molecule has 16 heavy (non-hydrogen) atoms. The van der Waals surface area contributed by atoms with E-state index in [0.717, 1.165) is 0 Å². The predicted octanol–water partition coefficient (Wildman–Crippen LogP) is 2.43. The summed E-state index contributed by atoms with van der Waals surface area (Å²) in [4.78, 5) is 11.5. The average molecular weight is 287 g/mol. The number of benzene rings is 1. The quantitative estimate of drug-likeness (QED) is 0.784. The standard InChI is InChI=1S/C11H11BrO4/c1-6(13)9-7(12)5-8-10(11(9)14-2)16-4-3-15-8/h5H,3-4H2,1-2H3. The molecule has 1 aliphatic heterocycles. The van der Waals surface area contributed by atoms with E-state index in [1.165, 1.54) is 14.0 Å². The molecule has 0 saturated carbocycles. The number of hydrogen-bond donors (Lipinski definition) is 0. The van der Waals surface area contributed by atoms with Gasteiger partial charge in [-0.15, -0.1) is 0 Å². The van der Waals surface area contributed by atoms with Crippen LogP contribution in [-0.2, 0) is 0 Å². The van der Waals surface area contributed by atoms with Gasteiger partial charge in [0, 0.05) is 4.47 Å². The van der Waals surface area contributed by atoms with Gasteiger partial charge < -0.3 is 14.2 Å². The molecule has 4 nitrogen and oxygen atoms in total. The van der Waals surface area contributed by atoms with Gasteiger partial charge in [-0.1, -0.05) is 0 Å². The number of ketones is 1. The van der Waals surface area contributed by atoms with E-state index in [-0.39, 0.29) is 5.78 Å². The van der Waals surface area contributed by atoms with Crippen LogP contribution in [0.4, 0.5) is 0 Å². The lowest BCUT2D eigenvalue weighted by molar-refractivity contribution is 0.101. The number of rotatable bonds is 2. The fraction of sp³-hybridized carbons (Fsp3) is 0.364. The van der Waals surface area contributed by atoms with Crippen LogP contribution in [0, 0.1) is 0 Å². The normalized spacial score (nSPS) is 13.4. The van der Waals surface area contributed by atoms with Crippen LogP contribution in [-0.4, -0.2) is 26.1 Å². The number of hydrogen-bond acceptors (Lipinski definition) is 4. The summed E-state index contributed by atoms with van der Waals surface area (Å²) >= 11 is 3.33. The van der Waals surface area contributed by atoms with Gasteiger partial charge in [-0.2, -0.15) is 0 Å². The van der Waals surface area contributed by atoms with Gasteiger partial charge in [-0.3, -0.25) is 4.79 Å². The molecule has 0 radical (unpaired) electrons. The molecule has 0 N–H and O–H groups in total. The van der Waals surface area contributed by atoms with Crippen molar-refractivity contribution in [1.82, 2.24) is 0 Å². The first-order chi connectivity index (χ1) is 7.65. The number of carbonyl (C=O) groups excluding carboxylic acids is 1. The number of methoxy groups -OCH3 is 1. The largest absolute Gasteiger partial charge is 0.492 e. The van der Waals surface area contributed by atoms with Crippen molar-refractivity contribution < 1.29 is 19.0 Å². The van der Waals surface area contributed by atoms with E-state index in [2.05, 4.69) is 15.9 Å². The van der Waals surface area contributed by atoms with Gasteiger partial charge in [0.05, 0.1) is 12.7 Å². The minimum Gasteiger partial charge on any atom is -0.492 e. The third-order valence-electron chi connectivity index (χ3n) is 2.30. The Morgan fingerprint density at radius 3 is 2.75 bits per heavy atom.